The average molecular weight is 450 g/mol. The smallest absolute Gasteiger partial charge is 0.407 e. The van der Waals surface area contributed by atoms with Gasteiger partial charge in [-0.1, -0.05) is 29.4 Å². The number of azide groups is 1. The first-order chi connectivity index (χ1) is 15.8. The fourth-order valence-corrected chi connectivity index (χ4v) is 3.52. The molecule has 0 radical (unpaired) electrons. The number of amides is 1. The molecular weight excluding hydrogens is 430 g/mol. The molecule has 2 N–H and O–H groups in total. The molecule has 2 aromatic carbocycles. The molecule has 1 heterocycles. The Kier molecular flexibility index (Phi) is 8.63. The Morgan fingerprint density at radius 2 is 1.97 bits per heavy atom. The third-order valence-electron chi connectivity index (χ3n) is 5.07. The Balaban J connectivity index is 0.00000122. The van der Waals surface area contributed by atoms with Gasteiger partial charge in [0.2, 0.25) is 0 Å². The van der Waals surface area contributed by atoms with Gasteiger partial charge >= 0.3 is 6.09 Å². The monoisotopic (exact) mass is 450 g/mol. The van der Waals surface area contributed by atoms with Crippen LogP contribution < -0.4 is 0 Å². The highest BCUT2D eigenvalue weighted by atomic mass is 16.6. The van der Waals surface area contributed by atoms with E-state index in [1.807, 2.05) is 30.5 Å². The van der Waals surface area contributed by atoms with Gasteiger partial charge in [-0.15, -0.1) is 0 Å². The molecule has 0 saturated heterocycles. The van der Waals surface area contributed by atoms with E-state index in [4.69, 9.17) is 16.6 Å². The van der Waals surface area contributed by atoms with E-state index >= 15 is 0 Å². The molecule has 1 unspecified atom stereocenters. The first kappa shape index (κ1) is 24.5. The molecular formula is C20H20N9O4-. The number of fused-ring (bicyclic) bond motifs is 1. The fraction of sp³-hybridized carbons (Fsp3) is 0.250. The molecule has 0 bridgehead atoms. The third-order valence-corrected chi connectivity index (χ3v) is 5.07. The standard InChI is InChI=1S/C20H20N6O4.N3/c1-13(17-10-14(11-23-24-21)6-7-19(17)26(29)30)25(20(27)28)9-8-15-12-22-18-5-3-2-4-16(15)18;1-3-2/h2-7,10,12-13,22H,8-9,11H2,1H3,(H,27,28);/q;-1. The zero-order valence-corrected chi connectivity index (χ0v) is 17.6. The Labute approximate surface area is 187 Å². The van der Waals surface area contributed by atoms with Crippen molar-refractivity contribution in [1.82, 2.24) is 9.88 Å². The summed E-state index contributed by atoms with van der Waals surface area (Å²) in [5, 5.41) is 25.7. The number of nitrogens with one attached hydrogen (secondary N) is 1. The highest BCUT2D eigenvalue weighted by Gasteiger charge is 2.27. The van der Waals surface area contributed by atoms with Crippen LogP contribution in [0.1, 0.15) is 29.7 Å². The lowest BCUT2D eigenvalue weighted by molar-refractivity contribution is -0.385. The second kappa shape index (κ2) is 11.6. The van der Waals surface area contributed by atoms with Crippen LogP contribution in [0.2, 0.25) is 0 Å². The molecule has 33 heavy (non-hydrogen) atoms. The van der Waals surface area contributed by atoms with E-state index in [0.717, 1.165) is 16.5 Å². The maximum absolute atomic E-state index is 12.0. The van der Waals surface area contributed by atoms with E-state index in [0.29, 0.717) is 12.0 Å². The highest BCUT2D eigenvalue weighted by molar-refractivity contribution is 5.83. The molecule has 0 aliphatic heterocycles. The van der Waals surface area contributed by atoms with Gasteiger partial charge in [-0.2, -0.15) is 0 Å². The maximum Gasteiger partial charge on any atom is 0.407 e. The lowest BCUT2D eigenvalue weighted by atomic mass is 10.0. The lowest BCUT2D eigenvalue weighted by Gasteiger charge is -2.27. The number of rotatable bonds is 8. The van der Waals surface area contributed by atoms with Crippen LogP contribution in [0.15, 0.2) is 53.8 Å². The predicted octanol–water partition coefficient (Wildman–Crippen LogP) is 6.04. The van der Waals surface area contributed by atoms with E-state index in [1.165, 1.54) is 28.0 Å². The average Bonchev–Trinajstić information content (AvgIpc) is 3.21. The lowest BCUT2D eigenvalue weighted by Crippen LogP contribution is -2.34. The van der Waals surface area contributed by atoms with Crippen LogP contribution in [0.5, 0.6) is 0 Å². The van der Waals surface area contributed by atoms with Crippen molar-refractivity contribution in [2.45, 2.75) is 25.9 Å². The molecule has 0 fully saturated rings. The second-order valence-corrected chi connectivity index (χ2v) is 6.89. The van der Waals surface area contributed by atoms with E-state index in [9.17, 15) is 20.0 Å². The quantitative estimate of drug-likeness (QED) is 0.138. The molecule has 3 rings (SSSR count). The molecule has 1 atom stereocenters. The number of benzene rings is 2. The number of carboxylic acid groups (broad SMARTS) is 1. The number of H-pyrrole nitrogens is 1. The number of aromatic nitrogens is 1. The summed E-state index contributed by atoms with van der Waals surface area (Å²) >= 11 is 0. The van der Waals surface area contributed by atoms with Crippen LogP contribution in [-0.2, 0) is 13.0 Å². The summed E-state index contributed by atoms with van der Waals surface area (Å²) in [6.07, 6.45) is 1.13. The Hall–Kier alpha value is -4.73. The van der Waals surface area contributed by atoms with Crippen molar-refractivity contribution < 1.29 is 14.8 Å². The largest absolute Gasteiger partial charge is 0.465 e. The van der Waals surface area contributed by atoms with Gasteiger partial charge in [-0.25, -0.2) is 4.79 Å². The van der Waals surface area contributed by atoms with Gasteiger partial charge < -0.3 is 26.1 Å². The topological polar surface area (TPSA) is 207 Å². The Bertz CT molecular complexity index is 1230. The van der Waals surface area contributed by atoms with Crippen molar-refractivity contribution in [1.29, 1.82) is 0 Å². The summed E-state index contributed by atoms with van der Waals surface area (Å²) in [4.78, 5) is 31.4. The van der Waals surface area contributed by atoms with Gasteiger partial charge in [0.05, 0.1) is 23.1 Å². The molecule has 0 aliphatic carbocycles. The number of aromatic amines is 1. The summed E-state index contributed by atoms with van der Waals surface area (Å²) in [5.41, 5.74) is 24.6. The number of hydrogen-bond acceptors (Lipinski definition) is 4. The Morgan fingerprint density at radius 1 is 1.27 bits per heavy atom. The van der Waals surface area contributed by atoms with Gasteiger partial charge in [0.1, 0.15) is 0 Å². The van der Waals surface area contributed by atoms with E-state index < -0.39 is 17.1 Å². The number of carbonyl (C=O) groups is 1. The molecule has 3 aromatic rings. The molecule has 13 nitrogen and oxygen atoms in total. The van der Waals surface area contributed by atoms with Gasteiger partial charge in [0.15, 0.2) is 0 Å². The first-order valence-electron chi connectivity index (χ1n) is 9.65. The summed E-state index contributed by atoms with van der Waals surface area (Å²) in [7, 11) is 0. The Morgan fingerprint density at radius 3 is 2.61 bits per heavy atom. The number of para-hydroxylation sites is 1. The van der Waals surface area contributed by atoms with Crippen LogP contribution in [0.3, 0.4) is 0 Å². The summed E-state index contributed by atoms with van der Waals surface area (Å²) in [5.74, 6) is 0. The molecule has 0 saturated carbocycles. The van der Waals surface area contributed by atoms with Crippen molar-refractivity contribution in [3.63, 3.8) is 0 Å². The van der Waals surface area contributed by atoms with Crippen molar-refractivity contribution in [2.24, 2.45) is 5.11 Å². The molecule has 0 aliphatic rings. The molecule has 1 amide bonds. The molecule has 1 aromatic heterocycles. The zero-order chi connectivity index (χ0) is 24.4. The van der Waals surface area contributed by atoms with Gasteiger partial charge in [-0.05, 0) is 42.1 Å². The first-order valence-corrected chi connectivity index (χ1v) is 9.65. The van der Waals surface area contributed by atoms with Gasteiger partial charge in [0.25, 0.3) is 5.69 Å². The van der Waals surface area contributed by atoms with Crippen LogP contribution in [-0.4, -0.2) is 32.6 Å². The summed E-state index contributed by atoms with van der Waals surface area (Å²) < 4.78 is 0. The highest BCUT2D eigenvalue weighted by Crippen LogP contribution is 2.31. The number of hydrogen-bond donors (Lipinski definition) is 2. The van der Waals surface area contributed by atoms with Gasteiger partial charge in [-0.3, -0.25) is 15.0 Å². The van der Waals surface area contributed by atoms with Gasteiger partial charge in [0, 0.05) is 34.6 Å². The summed E-state index contributed by atoms with van der Waals surface area (Å²) in [6.45, 7) is 1.80. The normalized spacial score (nSPS) is 10.8. The van der Waals surface area contributed by atoms with Crippen LogP contribution in [0.4, 0.5) is 10.5 Å². The molecule has 170 valence electrons. The minimum atomic E-state index is -1.17. The third kappa shape index (κ3) is 6.14. The molecule has 0 spiro atoms. The number of nitro benzene ring substituents is 1. The van der Waals surface area contributed by atoms with Crippen LogP contribution in [0, 0.1) is 10.1 Å². The summed E-state index contributed by atoms with van der Waals surface area (Å²) in [6, 6.07) is 11.3. The fourth-order valence-electron chi connectivity index (χ4n) is 3.52. The second-order valence-electron chi connectivity index (χ2n) is 6.89. The van der Waals surface area contributed by atoms with E-state index in [-0.39, 0.29) is 24.3 Å². The minimum Gasteiger partial charge on any atom is -0.465 e. The van der Waals surface area contributed by atoms with E-state index in [2.05, 4.69) is 15.0 Å². The molecule has 13 heteroatoms. The minimum absolute atomic E-state index is 0.0244. The van der Waals surface area contributed by atoms with Crippen LogP contribution in [0.25, 0.3) is 37.3 Å². The SMILES string of the molecule is CC(c1cc(CN=[N+]=[N-])ccc1[N+](=O)[O-])N(CCc1c[nH]c2ccccc12)C(=O)O.[N-]=[N+]=[N-]. The number of nitro groups is 1. The maximum atomic E-state index is 12.0. The van der Waals surface area contributed by atoms with Crippen molar-refractivity contribution in [2.75, 3.05) is 6.54 Å². The van der Waals surface area contributed by atoms with Crippen molar-refractivity contribution in [3.05, 3.63) is 102 Å². The zero-order valence-electron chi connectivity index (χ0n) is 17.6. The number of nitrogens with zero attached hydrogens (tertiary/aromatic N) is 8. The van der Waals surface area contributed by atoms with E-state index in [1.54, 1.807) is 6.92 Å². The van der Waals surface area contributed by atoms with Crippen LogP contribution >= 0.6 is 0 Å². The van der Waals surface area contributed by atoms with Crippen molar-refractivity contribution >= 4 is 22.7 Å². The van der Waals surface area contributed by atoms with Crippen molar-refractivity contribution in [3.8, 4) is 0 Å². The predicted molar refractivity (Wildman–Crippen MR) is 121 cm³/mol.